The Labute approximate surface area is 108 Å². The van der Waals surface area contributed by atoms with E-state index < -0.39 is 0 Å². The van der Waals surface area contributed by atoms with Crippen molar-refractivity contribution in [3.63, 3.8) is 0 Å². The van der Waals surface area contributed by atoms with Crippen LogP contribution in [0.4, 0.5) is 0 Å². The van der Waals surface area contributed by atoms with Gasteiger partial charge in [0.1, 0.15) is 0 Å². The summed E-state index contributed by atoms with van der Waals surface area (Å²) in [6.07, 6.45) is 3.47. The Morgan fingerprint density at radius 3 is 2.78 bits per heavy atom. The minimum absolute atomic E-state index is 0.123. The predicted octanol–water partition coefficient (Wildman–Crippen LogP) is 2.62. The zero-order valence-electron chi connectivity index (χ0n) is 10.4. The third-order valence-electron chi connectivity index (χ3n) is 2.32. The average Bonchev–Trinajstić information content (AvgIpc) is 2.42. The van der Waals surface area contributed by atoms with Gasteiger partial charge in [0.15, 0.2) is 0 Å². The van der Waals surface area contributed by atoms with Gasteiger partial charge in [-0.1, -0.05) is 36.4 Å². The van der Waals surface area contributed by atoms with Crippen LogP contribution < -0.4 is 0 Å². The number of ether oxygens (including phenoxy) is 2. The normalized spacial score (nSPS) is 12.7. The van der Waals surface area contributed by atoms with Crippen LogP contribution in [0.3, 0.4) is 0 Å². The standard InChI is InChI=1S/C14H19NO3/c1-2-10-18-14(8-9-15-16)12-17-11-13-6-4-3-5-7-13/h2-7,9,14,16H,1,8,10-12H2/b15-9-/t14-/m0/s1. The summed E-state index contributed by atoms with van der Waals surface area (Å²) in [4.78, 5) is 0. The second kappa shape index (κ2) is 9.39. The molecule has 1 atom stereocenters. The maximum atomic E-state index is 8.40. The molecule has 1 N–H and O–H groups in total. The van der Waals surface area contributed by atoms with E-state index >= 15 is 0 Å². The monoisotopic (exact) mass is 249 g/mol. The van der Waals surface area contributed by atoms with Crippen LogP contribution in [0.15, 0.2) is 48.1 Å². The molecule has 0 aromatic heterocycles. The van der Waals surface area contributed by atoms with E-state index in [4.69, 9.17) is 14.7 Å². The molecule has 0 amide bonds. The summed E-state index contributed by atoms with van der Waals surface area (Å²) in [5.41, 5.74) is 1.12. The Morgan fingerprint density at radius 1 is 1.33 bits per heavy atom. The summed E-state index contributed by atoms with van der Waals surface area (Å²) in [6, 6.07) is 9.94. The molecule has 0 aliphatic rings. The first kappa shape index (κ1) is 14.4. The Morgan fingerprint density at radius 2 is 2.11 bits per heavy atom. The molecule has 0 spiro atoms. The lowest BCUT2D eigenvalue weighted by Crippen LogP contribution is -2.20. The Balaban J connectivity index is 2.29. The highest BCUT2D eigenvalue weighted by Crippen LogP contribution is 2.04. The third kappa shape index (κ3) is 6.18. The zero-order chi connectivity index (χ0) is 13.1. The van der Waals surface area contributed by atoms with E-state index in [1.165, 1.54) is 6.21 Å². The van der Waals surface area contributed by atoms with Gasteiger partial charge in [0.25, 0.3) is 0 Å². The van der Waals surface area contributed by atoms with Gasteiger partial charge in [-0.15, -0.1) is 11.7 Å². The van der Waals surface area contributed by atoms with Gasteiger partial charge in [-0.2, -0.15) is 0 Å². The summed E-state index contributed by atoms with van der Waals surface area (Å²) in [5.74, 6) is 0. The van der Waals surface area contributed by atoms with E-state index in [1.807, 2.05) is 30.3 Å². The van der Waals surface area contributed by atoms with Crippen LogP contribution in [0.2, 0.25) is 0 Å². The Hall–Kier alpha value is -1.65. The van der Waals surface area contributed by atoms with Crippen molar-refractivity contribution in [1.29, 1.82) is 0 Å². The van der Waals surface area contributed by atoms with Crippen molar-refractivity contribution in [1.82, 2.24) is 0 Å². The number of hydrogen-bond acceptors (Lipinski definition) is 4. The molecule has 0 radical (unpaired) electrons. The minimum atomic E-state index is -0.123. The summed E-state index contributed by atoms with van der Waals surface area (Å²) < 4.78 is 11.1. The van der Waals surface area contributed by atoms with E-state index in [2.05, 4.69) is 11.7 Å². The number of benzene rings is 1. The predicted molar refractivity (Wildman–Crippen MR) is 70.9 cm³/mol. The van der Waals surface area contributed by atoms with Crippen LogP contribution in [0.5, 0.6) is 0 Å². The first-order valence-electron chi connectivity index (χ1n) is 5.87. The van der Waals surface area contributed by atoms with E-state index in [0.29, 0.717) is 26.2 Å². The topological polar surface area (TPSA) is 51.0 Å². The van der Waals surface area contributed by atoms with Gasteiger partial charge in [0, 0.05) is 12.6 Å². The maximum absolute atomic E-state index is 8.40. The number of hydrogen-bond donors (Lipinski definition) is 1. The molecule has 4 nitrogen and oxygen atoms in total. The quantitative estimate of drug-likeness (QED) is 0.317. The highest BCUT2D eigenvalue weighted by Gasteiger charge is 2.07. The van der Waals surface area contributed by atoms with Crippen molar-refractivity contribution >= 4 is 6.21 Å². The van der Waals surface area contributed by atoms with E-state index in [0.717, 1.165) is 5.56 Å². The molecule has 1 rings (SSSR count). The molecule has 1 aromatic rings. The van der Waals surface area contributed by atoms with Crippen molar-refractivity contribution in [3.05, 3.63) is 48.6 Å². The molecule has 0 saturated heterocycles. The second-order valence-electron chi connectivity index (χ2n) is 3.78. The molecular weight excluding hydrogens is 230 g/mol. The third-order valence-corrected chi connectivity index (χ3v) is 2.32. The van der Waals surface area contributed by atoms with Crippen LogP contribution in [0.1, 0.15) is 12.0 Å². The summed E-state index contributed by atoms with van der Waals surface area (Å²) in [6.45, 7) is 5.05. The fourth-order valence-electron chi connectivity index (χ4n) is 1.44. The molecule has 0 saturated carbocycles. The van der Waals surface area contributed by atoms with Gasteiger partial charge in [0.2, 0.25) is 0 Å². The maximum Gasteiger partial charge on any atom is 0.0863 e. The fourth-order valence-corrected chi connectivity index (χ4v) is 1.44. The van der Waals surface area contributed by atoms with Gasteiger partial charge in [-0.25, -0.2) is 0 Å². The van der Waals surface area contributed by atoms with Gasteiger partial charge in [-0.05, 0) is 5.56 Å². The minimum Gasteiger partial charge on any atom is -0.411 e. The summed E-state index contributed by atoms with van der Waals surface area (Å²) >= 11 is 0. The van der Waals surface area contributed by atoms with Crippen molar-refractivity contribution in [2.24, 2.45) is 5.16 Å². The van der Waals surface area contributed by atoms with Crippen LogP contribution in [0.25, 0.3) is 0 Å². The van der Waals surface area contributed by atoms with Crippen molar-refractivity contribution in [3.8, 4) is 0 Å². The molecule has 0 heterocycles. The SMILES string of the molecule is C=CCO[C@@H](C/C=N\O)COCc1ccccc1. The van der Waals surface area contributed by atoms with Crippen molar-refractivity contribution < 1.29 is 14.7 Å². The molecule has 4 heteroatoms. The van der Waals surface area contributed by atoms with Crippen LogP contribution in [-0.2, 0) is 16.1 Å². The first-order valence-corrected chi connectivity index (χ1v) is 5.87. The molecule has 0 aliphatic heterocycles. The Bertz CT molecular complexity index is 351. The van der Waals surface area contributed by atoms with E-state index in [-0.39, 0.29) is 6.10 Å². The molecule has 1 aromatic carbocycles. The summed E-state index contributed by atoms with van der Waals surface area (Å²) in [7, 11) is 0. The van der Waals surface area contributed by atoms with Gasteiger partial charge in [-0.3, -0.25) is 0 Å². The van der Waals surface area contributed by atoms with Gasteiger partial charge >= 0.3 is 0 Å². The lowest BCUT2D eigenvalue weighted by Gasteiger charge is -2.15. The molecule has 0 unspecified atom stereocenters. The molecule has 18 heavy (non-hydrogen) atoms. The van der Waals surface area contributed by atoms with Crippen LogP contribution in [-0.4, -0.2) is 30.7 Å². The van der Waals surface area contributed by atoms with Crippen molar-refractivity contribution in [2.75, 3.05) is 13.2 Å². The van der Waals surface area contributed by atoms with E-state index in [1.54, 1.807) is 6.08 Å². The van der Waals surface area contributed by atoms with Crippen molar-refractivity contribution in [2.45, 2.75) is 19.1 Å². The van der Waals surface area contributed by atoms with Crippen LogP contribution in [0, 0.1) is 0 Å². The Kier molecular flexibility index (Phi) is 7.52. The first-order chi connectivity index (χ1) is 8.86. The van der Waals surface area contributed by atoms with Gasteiger partial charge in [0.05, 0.1) is 25.9 Å². The smallest absolute Gasteiger partial charge is 0.0863 e. The lowest BCUT2D eigenvalue weighted by atomic mass is 10.2. The molecular formula is C14H19NO3. The average molecular weight is 249 g/mol. The molecule has 0 bridgehead atoms. The molecule has 0 fully saturated rings. The zero-order valence-corrected chi connectivity index (χ0v) is 10.4. The molecule has 98 valence electrons. The number of oxime groups is 1. The second-order valence-corrected chi connectivity index (χ2v) is 3.78. The van der Waals surface area contributed by atoms with E-state index in [9.17, 15) is 0 Å². The highest BCUT2D eigenvalue weighted by molar-refractivity contribution is 5.56. The largest absolute Gasteiger partial charge is 0.411 e. The van der Waals surface area contributed by atoms with Gasteiger partial charge < -0.3 is 14.7 Å². The fraction of sp³-hybridized carbons (Fsp3) is 0.357. The number of rotatable bonds is 9. The summed E-state index contributed by atoms with van der Waals surface area (Å²) in [5, 5.41) is 11.4. The lowest BCUT2D eigenvalue weighted by molar-refractivity contribution is -0.00706. The van der Waals surface area contributed by atoms with Crippen LogP contribution >= 0.6 is 0 Å². The number of nitrogens with zero attached hydrogens (tertiary/aromatic N) is 1. The highest BCUT2D eigenvalue weighted by atomic mass is 16.5. The molecule has 0 aliphatic carbocycles.